The summed E-state index contributed by atoms with van der Waals surface area (Å²) in [5.41, 5.74) is -0.462. The lowest BCUT2D eigenvalue weighted by atomic mass is 10.2. The fraction of sp³-hybridized carbons (Fsp3) is 0.882. The van der Waals surface area contributed by atoms with E-state index < -0.39 is 5.60 Å². The van der Waals surface area contributed by atoms with E-state index in [0.29, 0.717) is 12.6 Å². The van der Waals surface area contributed by atoms with Crippen LogP contribution in [-0.2, 0) is 4.74 Å². The first-order chi connectivity index (χ1) is 11.2. The number of aliphatic imine (C=N–C) groups is 1. The number of nitrogens with zero attached hydrogens (tertiary/aromatic N) is 2. The monoisotopic (exact) mass is 471 g/mol. The predicted octanol–water partition coefficient (Wildman–Crippen LogP) is 2.41. The number of guanidine groups is 1. The molecule has 0 atom stereocenters. The van der Waals surface area contributed by atoms with Crippen LogP contribution in [0, 0.1) is 0 Å². The molecule has 0 bridgehead atoms. The number of carbonyl (C=O) groups is 1. The number of amides is 1. The molecule has 0 fully saturated rings. The van der Waals surface area contributed by atoms with Crippen molar-refractivity contribution in [3.63, 3.8) is 0 Å². The molecule has 0 aromatic carbocycles. The van der Waals surface area contributed by atoms with E-state index in [1.54, 1.807) is 7.05 Å². The van der Waals surface area contributed by atoms with Crippen molar-refractivity contribution >= 4 is 36.0 Å². The Labute approximate surface area is 170 Å². The van der Waals surface area contributed by atoms with E-state index in [2.05, 4.69) is 46.6 Å². The van der Waals surface area contributed by atoms with Gasteiger partial charge in [-0.2, -0.15) is 0 Å². The van der Waals surface area contributed by atoms with Gasteiger partial charge in [-0.15, -0.1) is 24.0 Å². The Balaban J connectivity index is 0. The maximum Gasteiger partial charge on any atom is 0.407 e. The van der Waals surface area contributed by atoms with Gasteiger partial charge in [0, 0.05) is 39.3 Å². The second-order valence-corrected chi connectivity index (χ2v) is 6.93. The minimum atomic E-state index is -0.462. The molecule has 0 aliphatic rings. The van der Waals surface area contributed by atoms with Gasteiger partial charge in [0.05, 0.1) is 0 Å². The second kappa shape index (κ2) is 14.4. The smallest absolute Gasteiger partial charge is 0.407 e. The van der Waals surface area contributed by atoms with Crippen molar-refractivity contribution in [3.8, 4) is 0 Å². The van der Waals surface area contributed by atoms with Gasteiger partial charge in [-0.3, -0.25) is 9.89 Å². The molecule has 0 aliphatic heterocycles. The fourth-order valence-electron chi connectivity index (χ4n) is 2.12. The lowest BCUT2D eigenvalue weighted by Gasteiger charge is -2.25. The first-order valence-corrected chi connectivity index (χ1v) is 8.85. The summed E-state index contributed by atoms with van der Waals surface area (Å²) in [6.45, 7) is 16.3. The van der Waals surface area contributed by atoms with Crippen LogP contribution in [0.3, 0.4) is 0 Å². The lowest BCUT2D eigenvalue weighted by molar-refractivity contribution is 0.0527. The molecule has 3 N–H and O–H groups in total. The van der Waals surface area contributed by atoms with Crippen LogP contribution in [0.1, 0.15) is 48.0 Å². The van der Waals surface area contributed by atoms with Crippen molar-refractivity contribution in [2.24, 2.45) is 4.99 Å². The zero-order valence-corrected chi connectivity index (χ0v) is 19.3. The van der Waals surface area contributed by atoms with Gasteiger partial charge in [0.25, 0.3) is 0 Å². The van der Waals surface area contributed by atoms with Crippen molar-refractivity contribution in [1.29, 1.82) is 0 Å². The maximum absolute atomic E-state index is 11.5. The van der Waals surface area contributed by atoms with Crippen LogP contribution in [-0.4, -0.2) is 68.4 Å². The van der Waals surface area contributed by atoms with Crippen molar-refractivity contribution in [2.45, 2.75) is 59.6 Å². The summed E-state index contributed by atoms with van der Waals surface area (Å²) in [6.07, 6.45) is 0.422. The summed E-state index contributed by atoms with van der Waals surface area (Å²) in [4.78, 5) is 18.1. The first-order valence-electron chi connectivity index (χ1n) is 8.85. The lowest BCUT2D eigenvalue weighted by Crippen LogP contribution is -2.43. The average molecular weight is 471 g/mol. The summed E-state index contributed by atoms with van der Waals surface area (Å²) < 4.78 is 5.18. The second-order valence-electron chi connectivity index (χ2n) is 6.93. The summed E-state index contributed by atoms with van der Waals surface area (Å²) in [5.74, 6) is 0.784. The van der Waals surface area contributed by atoms with Crippen LogP contribution in [0.4, 0.5) is 4.79 Å². The molecule has 0 aromatic heterocycles. The van der Waals surface area contributed by atoms with Gasteiger partial charge >= 0.3 is 6.09 Å². The van der Waals surface area contributed by atoms with Gasteiger partial charge in [0.2, 0.25) is 0 Å². The molecule has 8 heteroatoms. The van der Waals surface area contributed by atoms with Crippen molar-refractivity contribution in [2.75, 3.05) is 39.8 Å². The third-order valence-electron chi connectivity index (χ3n) is 3.37. The fourth-order valence-corrected chi connectivity index (χ4v) is 2.12. The number of hydrogen-bond donors (Lipinski definition) is 3. The van der Waals surface area contributed by atoms with E-state index in [-0.39, 0.29) is 30.1 Å². The van der Waals surface area contributed by atoms with E-state index in [9.17, 15) is 4.79 Å². The molecular weight excluding hydrogens is 433 g/mol. The quantitative estimate of drug-likeness (QED) is 0.208. The Bertz CT molecular complexity index is 384. The van der Waals surface area contributed by atoms with Crippen LogP contribution in [0.25, 0.3) is 0 Å². The molecule has 0 spiro atoms. The molecule has 0 aromatic rings. The third kappa shape index (κ3) is 15.2. The van der Waals surface area contributed by atoms with E-state index >= 15 is 0 Å². The summed E-state index contributed by atoms with van der Waals surface area (Å²) in [7, 11) is 1.76. The largest absolute Gasteiger partial charge is 0.444 e. The molecule has 0 saturated heterocycles. The maximum atomic E-state index is 11.5. The average Bonchev–Trinajstić information content (AvgIpc) is 2.46. The number of hydrogen-bond acceptors (Lipinski definition) is 4. The molecule has 7 nitrogen and oxygen atoms in total. The zero-order chi connectivity index (χ0) is 18.6. The molecule has 0 unspecified atom stereocenters. The number of ether oxygens (including phenoxy) is 1. The third-order valence-corrected chi connectivity index (χ3v) is 3.37. The predicted molar refractivity (Wildman–Crippen MR) is 116 cm³/mol. The standard InChI is InChI=1S/C17H37N5O2.HI/c1-8-22(14(2)3)13-12-20-15(18-7)19-10-9-11-21-16(23)24-17(4,5)6;/h14H,8-13H2,1-7H3,(H,21,23)(H2,18,19,20);1H. The SMILES string of the molecule is CCN(CCNC(=NC)NCCCNC(=O)OC(C)(C)C)C(C)C.I. The zero-order valence-electron chi connectivity index (χ0n) is 16.9. The molecule has 0 saturated carbocycles. The van der Waals surface area contributed by atoms with Crippen LogP contribution >= 0.6 is 24.0 Å². The highest BCUT2D eigenvalue weighted by molar-refractivity contribution is 14.0. The Morgan fingerprint density at radius 1 is 1.12 bits per heavy atom. The molecule has 0 radical (unpaired) electrons. The van der Waals surface area contributed by atoms with Gasteiger partial charge in [-0.05, 0) is 47.6 Å². The van der Waals surface area contributed by atoms with E-state index in [1.807, 2.05) is 20.8 Å². The Kier molecular flexibility index (Phi) is 15.2. The van der Waals surface area contributed by atoms with Gasteiger partial charge in [0.1, 0.15) is 5.60 Å². The van der Waals surface area contributed by atoms with Gasteiger partial charge < -0.3 is 20.7 Å². The summed E-state index contributed by atoms with van der Waals surface area (Å²) in [6, 6.07) is 0.547. The van der Waals surface area contributed by atoms with Gasteiger partial charge in [0.15, 0.2) is 5.96 Å². The Morgan fingerprint density at radius 2 is 1.68 bits per heavy atom. The van der Waals surface area contributed by atoms with Crippen molar-refractivity contribution in [1.82, 2.24) is 20.9 Å². The van der Waals surface area contributed by atoms with Crippen LogP contribution in [0.15, 0.2) is 4.99 Å². The molecule has 25 heavy (non-hydrogen) atoms. The topological polar surface area (TPSA) is 78.0 Å². The van der Waals surface area contributed by atoms with Crippen molar-refractivity contribution in [3.05, 3.63) is 0 Å². The Hall–Kier alpha value is -0.770. The number of alkyl carbamates (subject to hydrolysis) is 1. The minimum Gasteiger partial charge on any atom is -0.444 e. The number of halogens is 1. The number of carbonyl (C=O) groups excluding carboxylic acids is 1. The molecule has 0 heterocycles. The summed E-state index contributed by atoms with van der Waals surface area (Å²) >= 11 is 0. The van der Waals surface area contributed by atoms with Crippen LogP contribution in [0.2, 0.25) is 0 Å². The van der Waals surface area contributed by atoms with Crippen LogP contribution < -0.4 is 16.0 Å². The highest BCUT2D eigenvalue weighted by Crippen LogP contribution is 2.06. The normalized spacial score (nSPS) is 12.0. The van der Waals surface area contributed by atoms with Crippen molar-refractivity contribution < 1.29 is 9.53 Å². The molecule has 150 valence electrons. The van der Waals surface area contributed by atoms with Gasteiger partial charge in [-0.25, -0.2) is 4.79 Å². The number of rotatable bonds is 9. The van der Waals surface area contributed by atoms with Gasteiger partial charge in [-0.1, -0.05) is 6.92 Å². The highest BCUT2D eigenvalue weighted by atomic mass is 127. The first kappa shape index (κ1) is 26.5. The van der Waals surface area contributed by atoms with E-state index in [0.717, 1.165) is 38.6 Å². The Morgan fingerprint density at radius 3 is 2.16 bits per heavy atom. The highest BCUT2D eigenvalue weighted by Gasteiger charge is 2.15. The molecule has 0 rings (SSSR count). The number of nitrogens with one attached hydrogen (secondary N) is 3. The molecule has 0 aliphatic carbocycles. The molecular formula is C17H38IN5O2. The van der Waals surface area contributed by atoms with E-state index in [1.165, 1.54) is 0 Å². The molecule has 1 amide bonds. The van der Waals surface area contributed by atoms with E-state index in [4.69, 9.17) is 4.74 Å². The summed E-state index contributed by atoms with van der Waals surface area (Å²) in [5, 5.41) is 9.29. The minimum absolute atomic E-state index is 0. The number of likely N-dealkylation sites (N-methyl/N-ethyl adjacent to an activating group) is 1. The van der Waals surface area contributed by atoms with Crippen LogP contribution in [0.5, 0.6) is 0 Å².